The van der Waals surface area contributed by atoms with Gasteiger partial charge in [-0.15, -0.1) is 0 Å². The summed E-state index contributed by atoms with van der Waals surface area (Å²) >= 11 is 12.1. The number of allylic oxidation sites excluding steroid dienone is 6. The lowest BCUT2D eigenvalue weighted by molar-refractivity contribution is 0.270. The molecule has 0 saturated carbocycles. The maximum absolute atomic E-state index is 9.42. The quantitative estimate of drug-likeness (QED) is 0.625. The zero-order chi connectivity index (χ0) is 17.6. The number of nitrogens with two attached hydrogens (primary N) is 1. The van der Waals surface area contributed by atoms with E-state index in [2.05, 4.69) is 5.10 Å². The molecule has 1 rings (SSSR count). The molecule has 0 spiro atoms. The first-order chi connectivity index (χ1) is 10.9. The average molecular weight is 352 g/mol. The van der Waals surface area contributed by atoms with Crippen molar-refractivity contribution in [2.45, 2.75) is 20.4 Å². The van der Waals surface area contributed by atoms with Crippen molar-refractivity contribution in [3.63, 3.8) is 0 Å². The number of aliphatic hydroxyl groups excluding tert-OH is 1. The minimum absolute atomic E-state index is 0.0643. The van der Waals surface area contributed by atoms with Gasteiger partial charge in [-0.2, -0.15) is 15.6 Å². The van der Waals surface area contributed by atoms with E-state index in [1.165, 1.54) is 10.8 Å². The van der Waals surface area contributed by atoms with Crippen molar-refractivity contribution in [2.24, 2.45) is 0 Å². The fourth-order valence-corrected chi connectivity index (χ4v) is 2.23. The van der Waals surface area contributed by atoms with Crippen molar-refractivity contribution >= 4 is 34.6 Å². The third kappa shape index (κ3) is 4.14. The number of halogens is 2. The summed E-state index contributed by atoms with van der Waals surface area (Å²) in [6, 6.07) is 3.90. The smallest absolute Gasteiger partial charge is 0.140 e. The molecule has 1 aromatic rings. The normalized spacial score (nSPS) is 13.3. The van der Waals surface area contributed by atoms with Crippen LogP contribution >= 0.6 is 23.2 Å². The predicted molar refractivity (Wildman–Crippen MR) is 90.2 cm³/mol. The summed E-state index contributed by atoms with van der Waals surface area (Å²) in [4.78, 5) is 0. The van der Waals surface area contributed by atoms with E-state index in [-0.39, 0.29) is 35.8 Å². The van der Waals surface area contributed by atoms with Gasteiger partial charge in [0.1, 0.15) is 29.2 Å². The van der Waals surface area contributed by atoms with Crippen LogP contribution in [-0.2, 0) is 6.54 Å². The summed E-state index contributed by atoms with van der Waals surface area (Å²) < 4.78 is 1.27. The van der Waals surface area contributed by atoms with E-state index in [0.717, 1.165) is 0 Å². The molecule has 0 aliphatic heterocycles. The van der Waals surface area contributed by atoms with Crippen LogP contribution in [0.5, 0.6) is 0 Å². The van der Waals surface area contributed by atoms with E-state index in [4.69, 9.17) is 34.0 Å². The molecule has 23 heavy (non-hydrogen) atoms. The number of aliphatic hydroxyl groups is 1. The number of nitrogens with zero attached hydrogens (tertiary/aromatic N) is 4. The first kappa shape index (κ1) is 18.8. The maximum atomic E-state index is 9.42. The van der Waals surface area contributed by atoms with E-state index >= 15 is 0 Å². The molecule has 0 aliphatic rings. The SMILES string of the molecule is C\C=C(Cl)/C(/C=C(\C#N)c1nn(CCO)c(N)c1C#N)=C(\C)Cl. The number of nitriles is 2. The van der Waals surface area contributed by atoms with E-state index < -0.39 is 0 Å². The van der Waals surface area contributed by atoms with Gasteiger partial charge in [-0.1, -0.05) is 29.3 Å². The average Bonchev–Trinajstić information content (AvgIpc) is 2.84. The van der Waals surface area contributed by atoms with Crippen LogP contribution in [0, 0.1) is 22.7 Å². The molecule has 0 radical (unpaired) electrons. The Morgan fingerprint density at radius 1 is 1.43 bits per heavy atom. The van der Waals surface area contributed by atoms with Crippen molar-refractivity contribution in [1.29, 1.82) is 10.5 Å². The summed E-state index contributed by atoms with van der Waals surface area (Å²) in [5, 5.41) is 32.6. The number of anilines is 1. The lowest BCUT2D eigenvalue weighted by Gasteiger charge is -2.03. The third-order valence-corrected chi connectivity index (χ3v) is 3.59. The molecule has 120 valence electrons. The molecule has 0 aromatic carbocycles. The lowest BCUT2D eigenvalue weighted by Crippen LogP contribution is -2.07. The van der Waals surface area contributed by atoms with Crippen LogP contribution in [0.1, 0.15) is 25.1 Å². The Morgan fingerprint density at radius 3 is 2.52 bits per heavy atom. The minimum atomic E-state index is -0.196. The number of rotatable bonds is 5. The van der Waals surface area contributed by atoms with E-state index in [0.29, 0.717) is 15.6 Å². The molecule has 0 amide bonds. The fraction of sp³-hybridized carbons (Fsp3) is 0.267. The first-order valence-electron chi connectivity index (χ1n) is 6.59. The van der Waals surface area contributed by atoms with Crippen LogP contribution in [0.15, 0.2) is 27.8 Å². The highest BCUT2D eigenvalue weighted by molar-refractivity contribution is 6.36. The Bertz CT molecular complexity index is 771. The highest BCUT2D eigenvalue weighted by Gasteiger charge is 2.19. The second kappa shape index (κ2) is 8.40. The molecule has 0 aliphatic carbocycles. The van der Waals surface area contributed by atoms with E-state index in [1.807, 2.05) is 12.1 Å². The number of nitrogen functional groups attached to an aromatic ring is 1. The Labute approximate surface area is 144 Å². The summed E-state index contributed by atoms with van der Waals surface area (Å²) in [6.07, 6.45) is 3.09. The number of hydrogen-bond donors (Lipinski definition) is 2. The molecule has 0 bridgehead atoms. The molecule has 6 nitrogen and oxygen atoms in total. The standard InChI is InChI=1S/C15H15Cl2N5O/c1-3-13(17)11(9(2)16)6-10(7-18)14-12(8-19)15(20)22(21-14)4-5-23/h3,6,23H,4-5,20H2,1-2H3/b10-6+,11-9+,13-3+. The van der Waals surface area contributed by atoms with Crippen LogP contribution in [-0.4, -0.2) is 21.5 Å². The van der Waals surface area contributed by atoms with E-state index in [1.54, 1.807) is 19.9 Å². The zero-order valence-corrected chi connectivity index (χ0v) is 14.2. The Kier molecular flexibility index (Phi) is 6.87. The largest absolute Gasteiger partial charge is 0.394 e. The van der Waals surface area contributed by atoms with Gasteiger partial charge in [0.2, 0.25) is 0 Å². The van der Waals surface area contributed by atoms with Gasteiger partial charge in [0, 0.05) is 15.6 Å². The molecule has 0 unspecified atom stereocenters. The first-order valence-corrected chi connectivity index (χ1v) is 7.34. The van der Waals surface area contributed by atoms with Crippen molar-refractivity contribution in [3.05, 3.63) is 39.0 Å². The Hall–Kier alpha value is -2.25. The molecule has 1 heterocycles. The van der Waals surface area contributed by atoms with Crippen LogP contribution in [0.4, 0.5) is 5.82 Å². The molecular formula is C15H15Cl2N5O. The Morgan fingerprint density at radius 2 is 2.09 bits per heavy atom. The van der Waals surface area contributed by atoms with Crippen molar-refractivity contribution in [2.75, 3.05) is 12.3 Å². The number of hydrogen-bond acceptors (Lipinski definition) is 5. The van der Waals surface area contributed by atoms with Crippen molar-refractivity contribution in [3.8, 4) is 12.1 Å². The maximum Gasteiger partial charge on any atom is 0.140 e. The van der Waals surface area contributed by atoms with Gasteiger partial charge in [-0.3, -0.25) is 0 Å². The molecular weight excluding hydrogens is 337 g/mol. The van der Waals surface area contributed by atoms with Gasteiger partial charge >= 0.3 is 0 Å². The van der Waals surface area contributed by atoms with Gasteiger partial charge in [-0.05, 0) is 19.9 Å². The topological polar surface area (TPSA) is 112 Å². The molecule has 1 aromatic heterocycles. The lowest BCUT2D eigenvalue weighted by atomic mass is 10.1. The molecule has 0 fully saturated rings. The minimum Gasteiger partial charge on any atom is -0.394 e. The molecule has 8 heteroatoms. The third-order valence-electron chi connectivity index (χ3n) is 2.96. The second-order valence-corrected chi connectivity index (χ2v) is 5.40. The summed E-state index contributed by atoms with van der Waals surface area (Å²) in [7, 11) is 0. The highest BCUT2D eigenvalue weighted by Crippen LogP contribution is 2.28. The number of aromatic nitrogens is 2. The van der Waals surface area contributed by atoms with Gasteiger partial charge in [-0.25, -0.2) is 4.68 Å². The molecule has 3 N–H and O–H groups in total. The summed E-state index contributed by atoms with van der Waals surface area (Å²) in [5.41, 5.74) is 6.56. The van der Waals surface area contributed by atoms with E-state index in [9.17, 15) is 10.5 Å². The Balaban J connectivity index is 3.57. The van der Waals surface area contributed by atoms with Crippen molar-refractivity contribution < 1.29 is 5.11 Å². The zero-order valence-electron chi connectivity index (χ0n) is 12.6. The van der Waals surface area contributed by atoms with Crippen LogP contribution in [0.3, 0.4) is 0 Å². The van der Waals surface area contributed by atoms with Crippen LogP contribution < -0.4 is 5.73 Å². The summed E-state index contributed by atoms with van der Waals surface area (Å²) in [6.45, 7) is 3.29. The van der Waals surface area contributed by atoms with Gasteiger partial charge in [0.25, 0.3) is 0 Å². The second-order valence-electron chi connectivity index (χ2n) is 4.42. The highest BCUT2D eigenvalue weighted by atomic mass is 35.5. The van der Waals surface area contributed by atoms with Gasteiger partial charge in [0.05, 0.1) is 18.7 Å². The van der Waals surface area contributed by atoms with Crippen LogP contribution in [0.2, 0.25) is 0 Å². The molecule has 0 atom stereocenters. The van der Waals surface area contributed by atoms with Gasteiger partial charge < -0.3 is 10.8 Å². The predicted octanol–water partition coefficient (Wildman–Crippen LogP) is 2.89. The fourth-order valence-electron chi connectivity index (χ4n) is 1.83. The summed E-state index contributed by atoms with van der Waals surface area (Å²) in [5.74, 6) is 0.0861. The molecule has 0 saturated heterocycles. The monoisotopic (exact) mass is 351 g/mol. The van der Waals surface area contributed by atoms with Crippen LogP contribution in [0.25, 0.3) is 5.57 Å². The van der Waals surface area contributed by atoms with Crippen molar-refractivity contribution in [1.82, 2.24) is 9.78 Å². The van der Waals surface area contributed by atoms with Gasteiger partial charge in [0.15, 0.2) is 0 Å².